The van der Waals surface area contributed by atoms with E-state index in [1.54, 1.807) is 7.11 Å². The van der Waals surface area contributed by atoms with Gasteiger partial charge in [-0.1, -0.05) is 0 Å². The number of ether oxygens (including phenoxy) is 3. The molecule has 1 heterocycles. The first-order valence-corrected chi connectivity index (χ1v) is 5.43. The number of hydrogen-bond donors (Lipinski definition) is 1. The number of methoxy groups -OCH3 is 1. The molecule has 1 aliphatic heterocycles. The molecule has 4 heteroatoms. The molecular weight excluding hydrogens is 208 g/mol. The molecule has 16 heavy (non-hydrogen) atoms. The van der Waals surface area contributed by atoms with E-state index in [1.807, 2.05) is 12.1 Å². The summed E-state index contributed by atoms with van der Waals surface area (Å²) in [6.07, 6.45) is 1.38. The summed E-state index contributed by atoms with van der Waals surface area (Å²) in [5, 5.41) is 9.06. The molecule has 0 saturated heterocycles. The van der Waals surface area contributed by atoms with Crippen LogP contribution in [-0.2, 0) is 6.42 Å². The topological polar surface area (TPSA) is 47.9 Å². The van der Waals surface area contributed by atoms with Crippen molar-refractivity contribution in [2.24, 2.45) is 0 Å². The maximum Gasteiger partial charge on any atom is 0.168 e. The van der Waals surface area contributed by atoms with Crippen molar-refractivity contribution in [3.63, 3.8) is 0 Å². The van der Waals surface area contributed by atoms with E-state index >= 15 is 0 Å². The fraction of sp³-hybridized carbons (Fsp3) is 0.500. The van der Waals surface area contributed by atoms with Crippen LogP contribution in [0, 0.1) is 0 Å². The Hall–Kier alpha value is -1.42. The monoisotopic (exact) mass is 224 g/mol. The molecular formula is C12H16O4. The fourth-order valence-corrected chi connectivity index (χ4v) is 1.82. The molecule has 4 nitrogen and oxygen atoms in total. The van der Waals surface area contributed by atoms with Crippen LogP contribution in [0.4, 0.5) is 0 Å². The van der Waals surface area contributed by atoms with E-state index in [-0.39, 0.29) is 6.61 Å². The first-order valence-electron chi connectivity index (χ1n) is 5.43. The van der Waals surface area contributed by atoms with E-state index in [0.29, 0.717) is 25.4 Å². The molecule has 0 atom stereocenters. The predicted octanol–water partition coefficient (Wildman–Crippen LogP) is 1.39. The largest absolute Gasteiger partial charge is 0.496 e. The van der Waals surface area contributed by atoms with Crippen molar-refractivity contribution in [1.29, 1.82) is 0 Å². The van der Waals surface area contributed by atoms with Crippen molar-refractivity contribution in [1.82, 2.24) is 0 Å². The lowest BCUT2D eigenvalue weighted by atomic mass is 10.1. The number of fused-ring (bicyclic) bond motifs is 1. The van der Waals surface area contributed by atoms with E-state index in [9.17, 15) is 0 Å². The fourth-order valence-electron chi connectivity index (χ4n) is 1.82. The molecule has 0 aliphatic carbocycles. The lowest BCUT2D eigenvalue weighted by Gasteiger charge is -2.15. The Balaban J connectivity index is 2.43. The van der Waals surface area contributed by atoms with Gasteiger partial charge in [-0.2, -0.15) is 0 Å². The van der Waals surface area contributed by atoms with E-state index in [0.717, 1.165) is 23.5 Å². The van der Waals surface area contributed by atoms with Gasteiger partial charge in [0.15, 0.2) is 11.5 Å². The minimum Gasteiger partial charge on any atom is -0.496 e. The van der Waals surface area contributed by atoms with Crippen molar-refractivity contribution in [2.45, 2.75) is 12.8 Å². The molecule has 0 bridgehead atoms. The first kappa shape index (κ1) is 11.1. The maximum atomic E-state index is 9.06. The van der Waals surface area contributed by atoms with Crippen molar-refractivity contribution in [2.75, 3.05) is 26.9 Å². The molecule has 88 valence electrons. The highest BCUT2D eigenvalue weighted by Gasteiger charge is 2.18. The van der Waals surface area contributed by atoms with Crippen LogP contribution < -0.4 is 14.2 Å². The summed E-state index contributed by atoms with van der Waals surface area (Å²) in [6.45, 7) is 1.37. The quantitative estimate of drug-likeness (QED) is 0.843. The summed E-state index contributed by atoms with van der Waals surface area (Å²) in [7, 11) is 1.61. The van der Waals surface area contributed by atoms with Gasteiger partial charge in [-0.25, -0.2) is 0 Å². The van der Waals surface area contributed by atoms with E-state index in [1.165, 1.54) is 0 Å². The Kier molecular flexibility index (Phi) is 3.51. The smallest absolute Gasteiger partial charge is 0.168 e. The Labute approximate surface area is 94.8 Å². The van der Waals surface area contributed by atoms with Crippen LogP contribution in [0.5, 0.6) is 17.2 Å². The minimum absolute atomic E-state index is 0.0656. The standard InChI is InChI=1S/C12H16O4/c1-14-10-3-4-11-12(9(10)5-6-13)16-8-2-7-15-11/h3-4,13H,2,5-8H2,1H3. The van der Waals surface area contributed by atoms with Crippen LogP contribution in [0.2, 0.25) is 0 Å². The second-order valence-corrected chi connectivity index (χ2v) is 3.60. The summed E-state index contributed by atoms with van der Waals surface area (Å²) in [4.78, 5) is 0. The molecule has 0 radical (unpaired) electrons. The molecule has 1 aromatic rings. The van der Waals surface area contributed by atoms with Crippen molar-refractivity contribution < 1.29 is 19.3 Å². The van der Waals surface area contributed by atoms with E-state index < -0.39 is 0 Å². The molecule has 1 N–H and O–H groups in total. The Morgan fingerprint density at radius 1 is 1.31 bits per heavy atom. The molecule has 0 fully saturated rings. The van der Waals surface area contributed by atoms with Gasteiger partial charge in [0.05, 0.1) is 20.3 Å². The van der Waals surface area contributed by atoms with Crippen LogP contribution in [0.15, 0.2) is 12.1 Å². The van der Waals surface area contributed by atoms with Crippen molar-refractivity contribution in [3.05, 3.63) is 17.7 Å². The lowest BCUT2D eigenvalue weighted by molar-refractivity contribution is 0.283. The van der Waals surface area contributed by atoms with Gasteiger partial charge in [0.1, 0.15) is 5.75 Å². The average Bonchev–Trinajstić information content (AvgIpc) is 2.55. The van der Waals surface area contributed by atoms with Crippen LogP contribution in [0.25, 0.3) is 0 Å². The van der Waals surface area contributed by atoms with Gasteiger partial charge in [0.25, 0.3) is 0 Å². The Morgan fingerprint density at radius 2 is 2.12 bits per heavy atom. The molecule has 0 saturated carbocycles. The molecule has 2 rings (SSSR count). The predicted molar refractivity (Wildman–Crippen MR) is 59.4 cm³/mol. The van der Waals surface area contributed by atoms with Gasteiger partial charge in [-0.3, -0.25) is 0 Å². The Morgan fingerprint density at radius 3 is 2.88 bits per heavy atom. The minimum atomic E-state index is 0.0656. The highest BCUT2D eigenvalue weighted by molar-refractivity contribution is 5.54. The number of hydrogen-bond acceptors (Lipinski definition) is 4. The average molecular weight is 224 g/mol. The van der Waals surface area contributed by atoms with Gasteiger partial charge in [-0.05, 0) is 12.1 Å². The summed E-state index contributed by atoms with van der Waals surface area (Å²) < 4.78 is 16.5. The lowest BCUT2D eigenvalue weighted by Crippen LogP contribution is -2.02. The summed E-state index contributed by atoms with van der Waals surface area (Å²) in [5.41, 5.74) is 0.879. The molecule has 0 amide bonds. The van der Waals surface area contributed by atoms with Crippen LogP contribution in [0.3, 0.4) is 0 Å². The zero-order valence-electron chi connectivity index (χ0n) is 9.36. The highest BCUT2D eigenvalue weighted by Crippen LogP contribution is 2.39. The van der Waals surface area contributed by atoms with Gasteiger partial charge in [0, 0.05) is 25.0 Å². The third-order valence-corrected chi connectivity index (χ3v) is 2.56. The maximum absolute atomic E-state index is 9.06. The molecule has 0 spiro atoms. The van der Waals surface area contributed by atoms with Gasteiger partial charge < -0.3 is 19.3 Å². The zero-order valence-corrected chi connectivity index (χ0v) is 9.36. The van der Waals surface area contributed by atoms with Crippen molar-refractivity contribution >= 4 is 0 Å². The summed E-state index contributed by atoms with van der Waals surface area (Å²) >= 11 is 0. The second-order valence-electron chi connectivity index (χ2n) is 3.60. The summed E-state index contributed by atoms with van der Waals surface area (Å²) in [6, 6.07) is 3.69. The third-order valence-electron chi connectivity index (χ3n) is 2.56. The second kappa shape index (κ2) is 5.07. The number of aliphatic hydroxyl groups is 1. The number of benzene rings is 1. The van der Waals surface area contributed by atoms with Gasteiger partial charge >= 0.3 is 0 Å². The van der Waals surface area contributed by atoms with Gasteiger partial charge in [0.2, 0.25) is 0 Å². The Bertz CT molecular complexity index is 362. The van der Waals surface area contributed by atoms with Crippen molar-refractivity contribution in [3.8, 4) is 17.2 Å². The van der Waals surface area contributed by atoms with Gasteiger partial charge in [-0.15, -0.1) is 0 Å². The van der Waals surface area contributed by atoms with E-state index in [4.69, 9.17) is 19.3 Å². The zero-order chi connectivity index (χ0) is 11.4. The third kappa shape index (κ3) is 2.07. The molecule has 1 aliphatic rings. The molecule has 0 aromatic heterocycles. The molecule has 0 unspecified atom stereocenters. The number of aliphatic hydroxyl groups excluding tert-OH is 1. The van der Waals surface area contributed by atoms with Crippen LogP contribution in [-0.4, -0.2) is 32.0 Å². The SMILES string of the molecule is COc1ccc2c(c1CCO)OCCCO2. The van der Waals surface area contributed by atoms with E-state index in [2.05, 4.69) is 0 Å². The normalized spacial score (nSPS) is 14.4. The first-order chi connectivity index (χ1) is 7.86. The molecule has 1 aromatic carbocycles. The highest BCUT2D eigenvalue weighted by atomic mass is 16.5. The van der Waals surface area contributed by atoms with Crippen LogP contribution >= 0.6 is 0 Å². The summed E-state index contributed by atoms with van der Waals surface area (Å²) in [5.74, 6) is 2.19. The van der Waals surface area contributed by atoms with Crippen LogP contribution in [0.1, 0.15) is 12.0 Å². The number of rotatable bonds is 3.